The number of ether oxygens (including phenoxy) is 2. The minimum Gasteiger partial charge on any atom is -0.493 e. The standard InChI is InChI=1S/C26H35FN4O3/c1-30(2)25(32)13-21-4-5-22(14-24(21)27)34-11-8-20-12-23(20)19-6-9-31(10-7-19)26-28-15-18(16-29-26)17-33-3/h4-5,14-16,19-20,23H,6-13,17H2,1-3H3/t20-,23+/m0/s1. The van der Waals surface area contributed by atoms with Crippen molar-refractivity contribution in [2.24, 2.45) is 17.8 Å². The molecule has 1 aromatic carbocycles. The molecule has 0 unspecified atom stereocenters. The first-order chi connectivity index (χ1) is 16.4. The lowest BCUT2D eigenvalue weighted by Gasteiger charge is -2.32. The lowest BCUT2D eigenvalue weighted by atomic mass is 9.90. The van der Waals surface area contributed by atoms with Gasteiger partial charge in [0, 0.05) is 58.3 Å². The Labute approximate surface area is 201 Å². The third-order valence-corrected chi connectivity index (χ3v) is 7.03. The molecule has 4 rings (SSSR count). The van der Waals surface area contributed by atoms with E-state index in [1.807, 2.05) is 12.4 Å². The van der Waals surface area contributed by atoms with Gasteiger partial charge < -0.3 is 19.3 Å². The summed E-state index contributed by atoms with van der Waals surface area (Å²) in [6.45, 7) is 3.12. The molecule has 7 nitrogen and oxygen atoms in total. The zero-order valence-electron chi connectivity index (χ0n) is 20.4. The summed E-state index contributed by atoms with van der Waals surface area (Å²) in [6, 6.07) is 4.79. The molecule has 2 fully saturated rings. The van der Waals surface area contributed by atoms with Crippen molar-refractivity contribution in [1.29, 1.82) is 0 Å². The smallest absolute Gasteiger partial charge is 0.226 e. The maximum Gasteiger partial charge on any atom is 0.226 e. The van der Waals surface area contributed by atoms with Crippen molar-refractivity contribution in [3.8, 4) is 5.75 Å². The zero-order chi connectivity index (χ0) is 24.1. The summed E-state index contributed by atoms with van der Waals surface area (Å²) >= 11 is 0. The van der Waals surface area contributed by atoms with E-state index in [1.165, 1.54) is 30.2 Å². The van der Waals surface area contributed by atoms with Crippen molar-refractivity contribution in [3.05, 3.63) is 47.5 Å². The van der Waals surface area contributed by atoms with E-state index in [0.717, 1.165) is 42.9 Å². The first-order valence-electron chi connectivity index (χ1n) is 12.1. The van der Waals surface area contributed by atoms with Crippen LogP contribution in [0.5, 0.6) is 5.75 Å². The predicted octanol–water partition coefficient (Wildman–Crippen LogP) is 3.71. The zero-order valence-corrected chi connectivity index (χ0v) is 20.4. The van der Waals surface area contributed by atoms with Crippen LogP contribution in [0.2, 0.25) is 0 Å². The van der Waals surface area contributed by atoms with E-state index in [9.17, 15) is 9.18 Å². The van der Waals surface area contributed by atoms with Crippen LogP contribution in [0.3, 0.4) is 0 Å². The number of rotatable bonds is 10. The molecule has 2 heterocycles. The number of methoxy groups -OCH3 is 1. The highest BCUT2D eigenvalue weighted by Crippen LogP contribution is 2.49. The van der Waals surface area contributed by atoms with Gasteiger partial charge in [-0.25, -0.2) is 14.4 Å². The number of nitrogens with zero attached hydrogens (tertiary/aromatic N) is 4. The number of likely N-dealkylation sites (N-methyl/N-ethyl adjacent to an activating group) is 1. The fraction of sp³-hybridized carbons (Fsp3) is 0.577. The molecule has 0 radical (unpaired) electrons. The average molecular weight is 471 g/mol. The Hall–Kier alpha value is -2.74. The molecule has 1 aliphatic carbocycles. The van der Waals surface area contributed by atoms with E-state index in [4.69, 9.17) is 9.47 Å². The predicted molar refractivity (Wildman–Crippen MR) is 128 cm³/mol. The summed E-state index contributed by atoms with van der Waals surface area (Å²) < 4.78 is 25.3. The molecular weight excluding hydrogens is 435 g/mol. The van der Waals surface area contributed by atoms with Crippen LogP contribution in [0.15, 0.2) is 30.6 Å². The molecular formula is C26H35FN4O3. The Bertz CT molecular complexity index is 961. The van der Waals surface area contributed by atoms with Gasteiger partial charge in [0.2, 0.25) is 11.9 Å². The van der Waals surface area contributed by atoms with Gasteiger partial charge in [-0.05, 0) is 55.1 Å². The molecule has 1 aliphatic heterocycles. The molecule has 1 saturated carbocycles. The minimum absolute atomic E-state index is 0.0624. The molecule has 1 aromatic heterocycles. The quantitative estimate of drug-likeness (QED) is 0.527. The minimum atomic E-state index is -0.388. The molecule has 0 N–H and O–H groups in total. The highest BCUT2D eigenvalue weighted by Gasteiger charge is 2.43. The van der Waals surface area contributed by atoms with Gasteiger partial charge in [0.05, 0.1) is 19.6 Å². The number of piperidine rings is 1. The maximum absolute atomic E-state index is 14.3. The van der Waals surface area contributed by atoms with Gasteiger partial charge in [-0.3, -0.25) is 4.79 Å². The van der Waals surface area contributed by atoms with Gasteiger partial charge in [-0.1, -0.05) is 6.07 Å². The molecule has 2 aromatic rings. The maximum atomic E-state index is 14.3. The summed E-state index contributed by atoms with van der Waals surface area (Å²) in [6.07, 6.45) is 8.35. The first kappa shape index (κ1) is 24.4. The van der Waals surface area contributed by atoms with Crippen molar-refractivity contribution in [2.45, 2.75) is 38.7 Å². The molecule has 184 valence electrons. The normalized spacial score (nSPS) is 20.3. The van der Waals surface area contributed by atoms with Crippen LogP contribution < -0.4 is 9.64 Å². The number of carbonyl (C=O) groups excluding carboxylic acids is 1. The van der Waals surface area contributed by atoms with E-state index in [-0.39, 0.29) is 18.1 Å². The van der Waals surface area contributed by atoms with Crippen molar-refractivity contribution in [3.63, 3.8) is 0 Å². The molecule has 34 heavy (non-hydrogen) atoms. The van der Waals surface area contributed by atoms with Crippen molar-refractivity contribution < 1.29 is 18.7 Å². The number of halogens is 1. The third kappa shape index (κ3) is 6.23. The topological polar surface area (TPSA) is 67.8 Å². The second-order valence-corrected chi connectivity index (χ2v) is 9.66. The number of hydrogen-bond acceptors (Lipinski definition) is 6. The Morgan fingerprint density at radius 3 is 2.59 bits per heavy atom. The first-order valence-corrected chi connectivity index (χ1v) is 12.1. The number of hydrogen-bond donors (Lipinski definition) is 0. The monoisotopic (exact) mass is 470 g/mol. The lowest BCUT2D eigenvalue weighted by molar-refractivity contribution is -0.128. The van der Waals surface area contributed by atoms with E-state index < -0.39 is 0 Å². The van der Waals surface area contributed by atoms with Gasteiger partial charge in [0.15, 0.2) is 0 Å². The summed E-state index contributed by atoms with van der Waals surface area (Å²) in [5.41, 5.74) is 1.39. The van der Waals surface area contributed by atoms with Gasteiger partial charge in [-0.15, -0.1) is 0 Å². The van der Waals surface area contributed by atoms with Crippen molar-refractivity contribution in [1.82, 2.24) is 14.9 Å². The Morgan fingerprint density at radius 2 is 1.94 bits per heavy atom. The van der Waals surface area contributed by atoms with Crippen molar-refractivity contribution >= 4 is 11.9 Å². The van der Waals surface area contributed by atoms with Crippen LogP contribution in [0.4, 0.5) is 10.3 Å². The Balaban J connectivity index is 1.16. The second-order valence-electron chi connectivity index (χ2n) is 9.66. The molecule has 2 atom stereocenters. The van der Waals surface area contributed by atoms with Gasteiger partial charge in [-0.2, -0.15) is 0 Å². The van der Waals surface area contributed by atoms with Crippen LogP contribution >= 0.6 is 0 Å². The Morgan fingerprint density at radius 1 is 1.21 bits per heavy atom. The van der Waals surface area contributed by atoms with Crippen LogP contribution in [-0.4, -0.2) is 61.7 Å². The molecule has 0 bridgehead atoms. The number of benzene rings is 1. The van der Waals surface area contributed by atoms with E-state index >= 15 is 0 Å². The molecule has 8 heteroatoms. The van der Waals surface area contributed by atoms with Gasteiger partial charge in [0.1, 0.15) is 11.6 Å². The largest absolute Gasteiger partial charge is 0.493 e. The summed E-state index contributed by atoms with van der Waals surface area (Å²) in [4.78, 5) is 24.5. The van der Waals surface area contributed by atoms with E-state index in [1.54, 1.807) is 33.3 Å². The highest BCUT2D eigenvalue weighted by atomic mass is 19.1. The number of amides is 1. The number of carbonyl (C=O) groups is 1. The fourth-order valence-corrected chi connectivity index (χ4v) is 4.87. The van der Waals surface area contributed by atoms with E-state index in [2.05, 4.69) is 14.9 Å². The van der Waals surface area contributed by atoms with Crippen LogP contribution in [0.25, 0.3) is 0 Å². The Kier molecular flexibility index (Phi) is 7.98. The highest BCUT2D eigenvalue weighted by molar-refractivity contribution is 5.78. The molecule has 1 saturated heterocycles. The van der Waals surface area contributed by atoms with Gasteiger partial charge in [0.25, 0.3) is 0 Å². The van der Waals surface area contributed by atoms with Crippen LogP contribution in [-0.2, 0) is 22.6 Å². The van der Waals surface area contributed by atoms with Crippen LogP contribution in [0, 0.1) is 23.6 Å². The summed E-state index contributed by atoms with van der Waals surface area (Å²) in [7, 11) is 5.01. The van der Waals surface area contributed by atoms with Gasteiger partial charge >= 0.3 is 0 Å². The number of anilines is 1. The molecule has 2 aliphatic rings. The average Bonchev–Trinajstić information content (AvgIpc) is 3.61. The fourth-order valence-electron chi connectivity index (χ4n) is 4.87. The molecule has 1 amide bonds. The molecule has 0 spiro atoms. The second kappa shape index (κ2) is 11.1. The lowest BCUT2D eigenvalue weighted by Crippen LogP contribution is -2.35. The van der Waals surface area contributed by atoms with E-state index in [0.29, 0.717) is 30.4 Å². The summed E-state index contributed by atoms with van der Waals surface area (Å²) in [5, 5.41) is 0. The summed E-state index contributed by atoms with van der Waals surface area (Å²) in [5.74, 6) is 3.05. The SMILES string of the molecule is COCc1cnc(N2CCC([C@H]3C[C@@H]3CCOc3ccc(CC(=O)N(C)C)c(F)c3)CC2)nc1. The van der Waals surface area contributed by atoms with Crippen LogP contribution in [0.1, 0.15) is 36.8 Å². The number of aromatic nitrogens is 2. The third-order valence-electron chi connectivity index (χ3n) is 7.03. The van der Waals surface area contributed by atoms with Crippen molar-refractivity contribution in [2.75, 3.05) is 45.8 Å².